The van der Waals surface area contributed by atoms with E-state index in [0.717, 1.165) is 42.7 Å². The van der Waals surface area contributed by atoms with E-state index in [2.05, 4.69) is 36.8 Å². The predicted molar refractivity (Wildman–Crippen MR) is 74.8 cm³/mol. The lowest BCUT2D eigenvalue weighted by Gasteiger charge is -2.23. The van der Waals surface area contributed by atoms with E-state index in [9.17, 15) is 0 Å². The summed E-state index contributed by atoms with van der Waals surface area (Å²) in [4.78, 5) is 8.71. The minimum absolute atomic E-state index is 0.756. The standard InChI is InChI=1S/C11H12BrN5/c12-17-7-6-13-8-2-1-3-9(10(8)17)16-11-14-4-5-15-11/h1-3,6H,4-5,7H2,(H2,14,15,16). The number of rotatable bonds is 1. The van der Waals surface area contributed by atoms with Gasteiger partial charge in [-0.25, -0.2) is 0 Å². The molecule has 0 aromatic heterocycles. The molecule has 0 unspecified atom stereocenters. The first-order valence-electron chi connectivity index (χ1n) is 5.49. The van der Waals surface area contributed by atoms with E-state index in [4.69, 9.17) is 0 Å². The van der Waals surface area contributed by atoms with Crippen molar-refractivity contribution in [2.75, 3.05) is 28.9 Å². The van der Waals surface area contributed by atoms with Crippen LogP contribution in [0.2, 0.25) is 0 Å². The summed E-state index contributed by atoms with van der Waals surface area (Å²) in [6, 6.07) is 6.00. The molecule has 0 amide bonds. The van der Waals surface area contributed by atoms with Gasteiger partial charge in [0, 0.05) is 12.8 Å². The molecule has 0 fully saturated rings. The molecular formula is C11H12BrN5. The van der Waals surface area contributed by atoms with Crippen LogP contribution in [-0.4, -0.2) is 31.8 Å². The van der Waals surface area contributed by atoms with Crippen molar-refractivity contribution in [3.63, 3.8) is 0 Å². The van der Waals surface area contributed by atoms with Crippen molar-refractivity contribution in [2.24, 2.45) is 9.98 Å². The monoisotopic (exact) mass is 293 g/mol. The van der Waals surface area contributed by atoms with Crippen molar-refractivity contribution in [1.29, 1.82) is 0 Å². The third-order valence-electron chi connectivity index (χ3n) is 2.66. The Morgan fingerprint density at radius 2 is 2.35 bits per heavy atom. The first-order valence-corrected chi connectivity index (χ1v) is 6.20. The SMILES string of the molecule is BrN1CC=Nc2cccc(NC3=NCCN3)c21. The molecule has 2 heterocycles. The van der Waals surface area contributed by atoms with Gasteiger partial charge in [-0.05, 0) is 12.1 Å². The van der Waals surface area contributed by atoms with Crippen LogP contribution in [0.3, 0.4) is 0 Å². The van der Waals surface area contributed by atoms with Crippen LogP contribution in [0, 0.1) is 0 Å². The lowest BCUT2D eigenvalue weighted by Crippen LogP contribution is -2.27. The van der Waals surface area contributed by atoms with E-state index in [1.807, 2.05) is 28.3 Å². The van der Waals surface area contributed by atoms with E-state index in [1.54, 1.807) is 0 Å². The van der Waals surface area contributed by atoms with Crippen LogP contribution in [0.4, 0.5) is 17.1 Å². The molecule has 0 saturated heterocycles. The highest BCUT2D eigenvalue weighted by Gasteiger charge is 2.17. The maximum atomic E-state index is 4.38. The van der Waals surface area contributed by atoms with Crippen LogP contribution in [-0.2, 0) is 0 Å². The Kier molecular flexibility index (Phi) is 2.72. The number of hydrogen-bond acceptors (Lipinski definition) is 5. The fourth-order valence-corrected chi connectivity index (χ4v) is 2.40. The third kappa shape index (κ3) is 2.00. The molecule has 2 aliphatic rings. The summed E-state index contributed by atoms with van der Waals surface area (Å²) < 4.78 is 1.99. The van der Waals surface area contributed by atoms with Crippen LogP contribution in [0.25, 0.3) is 0 Å². The summed E-state index contributed by atoms with van der Waals surface area (Å²) in [5, 5.41) is 6.49. The smallest absolute Gasteiger partial charge is 0.195 e. The van der Waals surface area contributed by atoms with E-state index >= 15 is 0 Å². The number of nitrogens with zero attached hydrogens (tertiary/aromatic N) is 3. The molecule has 0 spiro atoms. The van der Waals surface area contributed by atoms with Crippen LogP contribution in [0.1, 0.15) is 0 Å². The molecule has 3 rings (SSSR count). The van der Waals surface area contributed by atoms with Crippen molar-refractivity contribution in [3.05, 3.63) is 18.2 Å². The second-order valence-corrected chi connectivity index (χ2v) is 4.67. The zero-order valence-electron chi connectivity index (χ0n) is 9.15. The molecule has 0 saturated carbocycles. The first-order chi connectivity index (χ1) is 8.34. The minimum atomic E-state index is 0.756. The third-order valence-corrected chi connectivity index (χ3v) is 3.30. The normalized spacial score (nSPS) is 17.5. The van der Waals surface area contributed by atoms with Crippen molar-refractivity contribution >= 4 is 45.4 Å². The maximum absolute atomic E-state index is 4.38. The van der Waals surface area contributed by atoms with Gasteiger partial charge < -0.3 is 10.6 Å². The quantitative estimate of drug-likeness (QED) is 0.778. The summed E-state index contributed by atoms with van der Waals surface area (Å²) >= 11 is 3.53. The van der Waals surface area contributed by atoms with Crippen LogP contribution in [0.5, 0.6) is 0 Å². The Balaban J connectivity index is 1.96. The zero-order valence-corrected chi connectivity index (χ0v) is 10.7. The average Bonchev–Trinajstić information content (AvgIpc) is 2.82. The fraction of sp³-hybridized carbons (Fsp3) is 0.273. The molecule has 1 aromatic rings. The average molecular weight is 294 g/mol. The Hall–Kier alpha value is -1.56. The highest BCUT2D eigenvalue weighted by Crippen LogP contribution is 2.39. The Morgan fingerprint density at radius 1 is 1.41 bits per heavy atom. The molecule has 6 heteroatoms. The molecule has 0 atom stereocenters. The van der Waals surface area contributed by atoms with Gasteiger partial charge in [0.05, 0.1) is 46.3 Å². The molecule has 0 aliphatic carbocycles. The molecule has 88 valence electrons. The Labute approximate surface area is 108 Å². The topological polar surface area (TPSA) is 52.0 Å². The Morgan fingerprint density at radius 3 is 3.18 bits per heavy atom. The van der Waals surface area contributed by atoms with E-state index in [-0.39, 0.29) is 0 Å². The highest BCUT2D eigenvalue weighted by atomic mass is 79.9. The number of fused-ring (bicyclic) bond motifs is 1. The van der Waals surface area contributed by atoms with E-state index in [1.165, 1.54) is 0 Å². The molecule has 0 bridgehead atoms. The van der Waals surface area contributed by atoms with Gasteiger partial charge >= 0.3 is 0 Å². The van der Waals surface area contributed by atoms with Gasteiger partial charge in [-0.15, -0.1) is 0 Å². The van der Waals surface area contributed by atoms with Gasteiger partial charge in [-0.1, -0.05) is 6.07 Å². The first kappa shape index (κ1) is 10.6. The van der Waals surface area contributed by atoms with Crippen molar-refractivity contribution in [3.8, 4) is 0 Å². The summed E-state index contributed by atoms with van der Waals surface area (Å²) in [7, 11) is 0. The fourth-order valence-electron chi connectivity index (χ4n) is 1.90. The summed E-state index contributed by atoms with van der Waals surface area (Å²) in [5.41, 5.74) is 3.01. The van der Waals surface area contributed by atoms with Crippen LogP contribution >= 0.6 is 16.1 Å². The zero-order chi connectivity index (χ0) is 11.7. The number of aliphatic imine (C=N–C) groups is 2. The molecular weight excluding hydrogens is 282 g/mol. The van der Waals surface area contributed by atoms with Crippen molar-refractivity contribution in [2.45, 2.75) is 0 Å². The number of para-hydroxylation sites is 1. The molecule has 1 aromatic carbocycles. The highest BCUT2D eigenvalue weighted by molar-refractivity contribution is 9.10. The Bertz CT molecular complexity index is 497. The van der Waals surface area contributed by atoms with E-state index in [0.29, 0.717) is 0 Å². The second-order valence-electron chi connectivity index (χ2n) is 3.81. The van der Waals surface area contributed by atoms with Crippen molar-refractivity contribution < 1.29 is 0 Å². The van der Waals surface area contributed by atoms with Gasteiger partial charge in [-0.3, -0.25) is 13.9 Å². The number of halogens is 1. The van der Waals surface area contributed by atoms with Gasteiger partial charge in [0.2, 0.25) is 0 Å². The molecule has 2 N–H and O–H groups in total. The number of hydrogen-bond donors (Lipinski definition) is 2. The van der Waals surface area contributed by atoms with Gasteiger partial charge in [0.25, 0.3) is 0 Å². The van der Waals surface area contributed by atoms with Gasteiger partial charge in [0.15, 0.2) is 5.96 Å². The summed E-state index contributed by atoms with van der Waals surface area (Å²) in [5.74, 6) is 0.828. The molecule has 0 radical (unpaired) electrons. The number of nitrogens with one attached hydrogen (secondary N) is 2. The number of guanidine groups is 1. The van der Waals surface area contributed by atoms with Crippen molar-refractivity contribution in [1.82, 2.24) is 5.32 Å². The van der Waals surface area contributed by atoms with E-state index < -0.39 is 0 Å². The second kappa shape index (κ2) is 4.37. The molecule has 17 heavy (non-hydrogen) atoms. The largest absolute Gasteiger partial charge is 0.354 e. The maximum Gasteiger partial charge on any atom is 0.195 e. The minimum Gasteiger partial charge on any atom is -0.354 e. The van der Waals surface area contributed by atoms with Crippen LogP contribution < -0.4 is 14.6 Å². The van der Waals surface area contributed by atoms with Gasteiger partial charge in [0.1, 0.15) is 0 Å². The summed E-state index contributed by atoms with van der Waals surface area (Å²) in [6.07, 6.45) is 1.88. The molecule has 2 aliphatic heterocycles. The lowest BCUT2D eigenvalue weighted by atomic mass is 10.2. The number of benzene rings is 1. The lowest BCUT2D eigenvalue weighted by molar-refractivity contribution is 0.959. The van der Waals surface area contributed by atoms with Crippen LogP contribution in [0.15, 0.2) is 28.2 Å². The van der Waals surface area contributed by atoms with Gasteiger partial charge in [-0.2, -0.15) is 0 Å². The summed E-state index contributed by atoms with van der Waals surface area (Å²) in [6.45, 7) is 2.48. The predicted octanol–water partition coefficient (Wildman–Crippen LogP) is 1.89. The number of anilines is 2. The molecule has 5 nitrogen and oxygen atoms in total.